The van der Waals surface area contributed by atoms with Gasteiger partial charge in [-0.25, -0.2) is 19.6 Å². The molecule has 214 valence electrons. The summed E-state index contributed by atoms with van der Waals surface area (Å²) in [5.41, 5.74) is 0.759. The predicted octanol–water partition coefficient (Wildman–Crippen LogP) is 7.60. The van der Waals surface area contributed by atoms with Gasteiger partial charge in [0.25, 0.3) is 0 Å². The van der Waals surface area contributed by atoms with Crippen molar-refractivity contribution >= 4 is 51.9 Å². The number of carbonyl (C=O) groups excluding carboxylic acids is 2. The van der Waals surface area contributed by atoms with E-state index in [2.05, 4.69) is 15.3 Å². The number of halogens is 1. The van der Waals surface area contributed by atoms with Gasteiger partial charge < -0.3 is 23.6 Å². The summed E-state index contributed by atoms with van der Waals surface area (Å²) in [6, 6.07) is 5.03. The summed E-state index contributed by atoms with van der Waals surface area (Å²) in [5.74, 6) is 0.476. The number of thiophene rings is 1. The van der Waals surface area contributed by atoms with E-state index in [-0.39, 0.29) is 24.2 Å². The van der Waals surface area contributed by atoms with Crippen molar-refractivity contribution in [3.63, 3.8) is 0 Å². The van der Waals surface area contributed by atoms with Crippen molar-refractivity contribution in [2.24, 2.45) is 0 Å². The van der Waals surface area contributed by atoms with Crippen molar-refractivity contribution in [3.05, 3.63) is 52.0 Å². The van der Waals surface area contributed by atoms with Gasteiger partial charge in [-0.2, -0.15) is 0 Å². The molecule has 0 saturated carbocycles. The molecular weight excluding hydrogens is 556 g/mol. The summed E-state index contributed by atoms with van der Waals surface area (Å²) in [6.07, 6.45) is 1.93. The Bertz CT molecular complexity index is 1470. The number of pyridine rings is 1. The van der Waals surface area contributed by atoms with Crippen molar-refractivity contribution in [2.45, 2.75) is 78.7 Å². The summed E-state index contributed by atoms with van der Waals surface area (Å²) in [7, 11) is 0. The van der Waals surface area contributed by atoms with Gasteiger partial charge in [0.1, 0.15) is 39.6 Å². The first kappa shape index (κ1) is 29.4. The van der Waals surface area contributed by atoms with Crippen LogP contribution in [0.25, 0.3) is 22.4 Å². The SMILES string of the molecule is C[C@@H](Cc1oc2c(N(Cc3cccs3)C(=O)OC(C)(C)C)cc(Cl)nc2c1-c1cocn1)NC(=O)OC(C)(C)C. The molecule has 0 radical (unpaired) electrons. The standard InChI is InChI=1S/C28H33ClN4O6S/c1-16(31-25(34)38-27(2,3)4)11-20-22(18-14-36-15-30-18)23-24(37-20)19(12-21(29)32-23)33(13-17-9-8-10-40-17)26(35)39-28(5,6)7/h8-10,12,14-16H,11,13H2,1-7H3,(H,31,34)/t16-/m0/s1. The van der Waals surface area contributed by atoms with Crippen LogP contribution in [0.4, 0.5) is 15.3 Å². The largest absolute Gasteiger partial charge is 0.456 e. The summed E-state index contributed by atoms with van der Waals surface area (Å²) in [4.78, 5) is 37.2. The molecule has 0 aliphatic rings. The number of ether oxygens (including phenoxy) is 2. The minimum Gasteiger partial charge on any atom is -0.456 e. The second kappa shape index (κ2) is 11.5. The monoisotopic (exact) mass is 588 g/mol. The van der Waals surface area contributed by atoms with Gasteiger partial charge in [-0.3, -0.25) is 4.90 Å². The molecule has 4 aromatic heterocycles. The number of nitrogens with zero attached hydrogens (tertiary/aromatic N) is 3. The number of amides is 2. The Morgan fingerprint density at radius 2 is 1.90 bits per heavy atom. The number of aromatic nitrogens is 2. The summed E-state index contributed by atoms with van der Waals surface area (Å²) in [5, 5.41) is 4.92. The summed E-state index contributed by atoms with van der Waals surface area (Å²) >= 11 is 8.03. The van der Waals surface area contributed by atoms with Crippen LogP contribution in [0, 0.1) is 0 Å². The first-order valence-electron chi connectivity index (χ1n) is 12.7. The zero-order chi connectivity index (χ0) is 29.2. The highest BCUT2D eigenvalue weighted by atomic mass is 35.5. The molecule has 0 spiro atoms. The van der Waals surface area contributed by atoms with Crippen LogP contribution in [0.5, 0.6) is 0 Å². The number of hydrogen-bond acceptors (Lipinski definition) is 9. The highest BCUT2D eigenvalue weighted by Gasteiger charge is 2.31. The van der Waals surface area contributed by atoms with Gasteiger partial charge in [0.15, 0.2) is 12.0 Å². The van der Waals surface area contributed by atoms with Crippen LogP contribution in [0.3, 0.4) is 0 Å². The maximum Gasteiger partial charge on any atom is 0.415 e. The molecule has 12 heteroatoms. The smallest absolute Gasteiger partial charge is 0.415 e. The number of anilines is 1. The van der Waals surface area contributed by atoms with Crippen molar-refractivity contribution in [3.8, 4) is 11.3 Å². The highest BCUT2D eigenvalue weighted by molar-refractivity contribution is 7.09. The third-order valence-electron chi connectivity index (χ3n) is 5.40. The van der Waals surface area contributed by atoms with Gasteiger partial charge in [-0.15, -0.1) is 11.3 Å². The fourth-order valence-corrected chi connectivity index (χ4v) is 4.85. The average molecular weight is 589 g/mol. The van der Waals surface area contributed by atoms with E-state index in [1.165, 1.54) is 28.9 Å². The van der Waals surface area contributed by atoms with Crippen molar-refractivity contribution < 1.29 is 27.9 Å². The molecule has 10 nitrogen and oxygen atoms in total. The normalized spacial score (nSPS) is 12.8. The number of oxazole rings is 1. The van der Waals surface area contributed by atoms with Gasteiger partial charge in [0, 0.05) is 23.4 Å². The molecule has 1 atom stereocenters. The molecule has 0 unspecified atom stereocenters. The zero-order valence-electron chi connectivity index (χ0n) is 23.5. The molecule has 4 heterocycles. The van der Waals surface area contributed by atoms with Crippen LogP contribution in [0.2, 0.25) is 5.15 Å². The molecule has 0 saturated heterocycles. The minimum atomic E-state index is -0.732. The van der Waals surface area contributed by atoms with Gasteiger partial charge in [0.05, 0.1) is 17.8 Å². The van der Waals surface area contributed by atoms with Gasteiger partial charge in [-0.05, 0) is 59.9 Å². The Kier molecular flexibility index (Phi) is 8.46. The first-order chi connectivity index (χ1) is 18.7. The number of rotatable bonds is 7. The molecule has 0 aromatic carbocycles. The van der Waals surface area contributed by atoms with E-state index in [1.54, 1.807) is 47.6 Å². The number of hydrogen-bond donors (Lipinski definition) is 1. The fraction of sp³-hybridized carbons (Fsp3) is 0.429. The number of carbonyl (C=O) groups is 2. The lowest BCUT2D eigenvalue weighted by Crippen LogP contribution is -2.38. The molecular formula is C28H33ClN4O6S. The maximum absolute atomic E-state index is 13.5. The minimum absolute atomic E-state index is 0.152. The quantitative estimate of drug-likeness (QED) is 0.219. The molecule has 0 bridgehead atoms. The molecule has 2 amide bonds. The van der Waals surface area contributed by atoms with E-state index in [4.69, 9.17) is 29.9 Å². The molecule has 1 N–H and O–H groups in total. The third kappa shape index (κ3) is 7.33. The van der Waals surface area contributed by atoms with E-state index < -0.39 is 23.4 Å². The lowest BCUT2D eigenvalue weighted by molar-refractivity contribution is 0.0505. The summed E-state index contributed by atoms with van der Waals surface area (Å²) < 4.78 is 22.8. The fourth-order valence-electron chi connectivity index (χ4n) is 3.97. The van der Waals surface area contributed by atoms with Crippen LogP contribution >= 0.6 is 22.9 Å². The van der Waals surface area contributed by atoms with Gasteiger partial charge in [0.2, 0.25) is 0 Å². The second-order valence-electron chi connectivity index (χ2n) is 11.3. The molecule has 0 fully saturated rings. The van der Waals surface area contributed by atoms with Gasteiger partial charge >= 0.3 is 12.2 Å². The molecule has 4 rings (SSSR count). The topological polar surface area (TPSA) is 120 Å². The van der Waals surface area contributed by atoms with Crippen LogP contribution in [-0.2, 0) is 22.4 Å². The van der Waals surface area contributed by atoms with Crippen molar-refractivity contribution in [1.82, 2.24) is 15.3 Å². The Labute approximate surface area is 241 Å². The summed E-state index contributed by atoms with van der Waals surface area (Å²) in [6.45, 7) is 12.8. The number of furan rings is 1. The number of fused-ring (bicyclic) bond motifs is 1. The van der Waals surface area contributed by atoms with Crippen molar-refractivity contribution in [2.75, 3.05) is 4.90 Å². The average Bonchev–Trinajstić information content (AvgIpc) is 3.55. The molecule has 0 aliphatic carbocycles. The Morgan fingerprint density at radius 3 is 2.50 bits per heavy atom. The zero-order valence-corrected chi connectivity index (χ0v) is 25.1. The lowest BCUT2D eigenvalue weighted by atomic mass is 10.1. The van der Waals surface area contributed by atoms with E-state index in [0.29, 0.717) is 33.8 Å². The highest BCUT2D eigenvalue weighted by Crippen LogP contribution is 2.40. The van der Waals surface area contributed by atoms with E-state index in [0.717, 1.165) is 4.88 Å². The second-order valence-corrected chi connectivity index (χ2v) is 12.7. The van der Waals surface area contributed by atoms with E-state index in [9.17, 15) is 9.59 Å². The predicted molar refractivity (Wildman–Crippen MR) is 154 cm³/mol. The number of nitrogens with one attached hydrogen (secondary N) is 1. The lowest BCUT2D eigenvalue weighted by Gasteiger charge is -2.27. The number of alkyl carbamates (subject to hydrolysis) is 1. The van der Waals surface area contributed by atoms with Crippen LogP contribution in [0.15, 0.2) is 45.1 Å². The maximum atomic E-state index is 13.5. The van der Waals surface area contributed by atoms with Crippen LogP contribution < -0.4 is 10.2 Å². The van der Waals surface area contributed by atoms with E-state index in [1.807, 2.05) is 24.4 Å². The first-order valence-corrected chi connectivity index (χ1v) is 14.0. The van der Waals surface area contributed by atoms with E-state index >= 15 is 0 Å². The van der Waals surface area contributed by atoms with Crippen LogP contribution in [-0.4, -0.2) is 39.4 Å². The van der Waals surface area contributed by atoms with Gasteiger partial charge in [-0.1, -0.05) is 17.7 Å². The Morgan fingerprint density at radius 1 is 1.18 bits per heavy atom. The molecule has 4 aromatic rings. The van der Waals surface area contributed by atoms with Crippen molar-refractivity contribution in [1.29, 1.82) is 0 Å². The third-order valence-corrected chi connectivity index (χ3v) is 6.46. The Hall–Kier alpha value is -3.57. The molecule has 40 heavy (non-hydrogen) atoms. The van der Waals surface area contributed by atoms with Crippen LogP contribution in [0.1, 0.15) is 59.1 Å². The molecule has 0 aliphatic heterocycles. The Balaban J connectivity index is 1.81.